The summed E-state index contributed by atoms with van der Waals surface area (Å²) in [7, 11) is 0. The number of rotatable bonds is 2. The Morgan fingerprint density at radius 3 is 2.65 bits per heavy atom. The van der Waals surface area contributed by atoms with Crippen molar-refractivity contribution in [3.63, 3.8) is 0 Å². The second-order valence-corrected chi connectivity index (χ2v) is 9.13. The molecular weight excluding hydrogens is 344 g/mol. The minimum atomic E-state index is -0.0409. The predicted molar refractivity (Wildman–Crippen MR) is 108 cm³/mol. The third kappa shape index (κ3) is 2.73. The largest absolute Gasteiger partial charge is 0.293 e. The van der Waals surface area contributed by atoms with Crippen molar-refractivity contribution < 1.29 is 0 Å². The minimum absolute atomic E-state index is 0.0409. The number of fused-ring (bicyclic) bond motifs is 3. The molecule has 0 bridgehead atoms. The summed E-state index contributed by atoms with van der Waals surface area (Å²) < 4.78 is 1.57. The average Bonchev–Trinajstić information content (AvgIpc) is 2.99. The van der Waals surface area contributed by atoms with Crippen molar-refractivity contribution in [1.29, 1.82) is 0 Å². The lowest BCUT2D eigenvalue weighted by Gasteiger charge is -2.33. The molecule has 0 aliphatic heterocycles. The first-order chi connectivity index (χ1) is 12.4. The number of para-hydroxylation sites is 1. The van der Waals surface area contributed by atoms with Gasteiger partial charge in [0.25, 0.3) is 5.56 Å². The van der Waals surface area contributed by atoms with Crippen LogP contribution >= 0.6 is 11.3 Å². The van der Waals surface area contributed by atoms with Crippen molar-refractivity contribution in [2.45, 2.75) is 40.0 Å². The molecule has 0 saturated heterocycles. The Morgan fingerprint density at radius 2 is 2.00 bits per heavy atom. The van der Waals surface area contributed by atoms with E-state index in [2.05, 4.69) is 31.2 Å². The zero-order valence-corrected chi connectivity index (χ0v) is 16.2. The first-order valence-electron chi connectivity index (χ1n) is 8.99. The lowest BCUT2D eigenvalue weighted by Crippen LogP contribution is -2.28. The molecule has 1 aromatic carbocycles. The molecule has 6 heteroatoms. The first-order valence-corrected chi connectivity index (χ1v) is 9.81. The molecule has 4 rings (SSSR count). The number of nitrogen functional groups attached to an aromatic ring is 1. The second kappa shape index (κ2) is 6.21. The molecule has 1 aliphatic rings. The molecule has 5 nitrogen and oxygen atoms in total. The van der Waals surface area contributed by atoms with E-state index in [-0.39, 0.29) is 11.0 Å². The minimum Gasteiger partial charge on any atom is -0.293 e. The van der Waals surface area contributed by atoms with Gasteiger partial charge in [-0.1, -0.05) is 39.0 Å². The smallest absolute Gasteiger partial charge is 0.268 e. The fourth-order valence-electron chi connectivity index (χ4n) is 3.88. The summed E-state index contributed by atoms with van der Waals surface area (Å²) in [5, 5.41) is 0.764. The molecule has 3 N–H and O–H groups in total. The molecule has 0 unspecified atom stereocenters. The molecule has 3 aromatic rings. The number of nitrogens with one attached hydrogen (secondary N) is 1. The van der Waals surface area contributed by atoms with Gasteiger partial charge >= 0.3 is 0 Å². The van der Waals surface area contributed by atoms with Crippen LogP contribution in [0.15, 0.2) is 35.1 Å². The van der Waals surface area contributed by atoms with Gasteiger partial charge in [0.2, 0.25) is 5.95 Å². The van der Waals surface area contributed by atoms with Gasteiger partial charge in [0, 0.05) is 4.88 Å². The van der Waals surface area contributed by atoms with Gasteiger partial charge in [-0.05, 0) is 48.3 Å². The van der Waals surface area contributed by atoms with Gasteiger partial charge in [0.05, 0.1) is 11.1 Å². The van der Waals surface area contributed by atoms with E-state index in [0.717, 1.165) is 35.2 Å². The Balaban J connectivity index is 1.93. The Bertz CT molecular complexity index is 1010. The van der Waals surface area contributed by atoms with E-state index < -0.39 is 0 Å². The van der Waals surface area contributed by atoms with Gasteiger partial charge in [-0.25, -0.2) is 15.4 Å². The summed E-state index contributed by atoms with van der Waals surface area (Å²) in [6.07, 6.45) is 3.08. The van der Waals surface area contributed by atoms with E-state index in [1.165, 1.54) is 10.4 Å². The highest BCUT2D eigenvalue weighted by atomic mass is 32.1. The van der Waals surface area contributed by atoms with Crippen molar-refractivity contribution in [2.24, 2.45) is 17.2 Å². The number of thiophene rings is 1. The van der Waals surface area contributed by atoms with Crippen LogP contribution in [0.4, 0.5) is 5.95 Å². The summed E-state index contributed by atoms with van der Waals surface area (Å²) >= 11 is 1.65. The molecule has 2 aromatic heterocycles. The zero-order valence-electron chi connectivity index (χ0n) is 15.4. The third-order valence-corrected chi connectivity index (χ3v) is 6.60. The van der Waals surface area contributed by atoms with E-state index in [1.54, 1.807) is 15.9 Å². The molecule has 1 atom stereocenters. The van der Waals surface area contributed by atoms with Crippen molar-refractivity contribution in [3.05, 3.63) is 51.1 Å². The van der Waals surface area contributed by atoms with Crippen LogP contribution < -0.4 is 16.8 Å². The van der Waals surface area contributed by atoms with Crippen LogP contribution in [0.1, 0.15) is 37.6 Å². The van der Waals surface area contributed by atoms with Crippen molar-refractivity contribution in [3.8, 4) is 5.69 Å². The van der Waals surface area contributed by atoms with Gasteiger partial charge in [0.1, 0.15) is 4.83 Å². The summed E-state index contributed by atoms with van der Waals surface area (Å²) in [6, 6.07) is 9.52. The summed E-state index contributed by atoms with van der Waals surface area (Å²) in [4.78, 5) is 20.1. The number of nitrogens with zero attached hydrogens (tertiary/aromatic N) is 2. The van der Waals surface area contributed by atoms with Gasteiger partial charge in [-0.3, -0.25) is 10.2 Å². The Hall–Kier alpha value is -2.18. The average molecular weight is 369 g/mol. The molecule has 136 valence electrons. The second-order valence-electron chi connectivity index (χ2n) is 8.05. The van der Waals surface area contributed by atoms with E-state index in [9.17, 15) is 4.79 Å². The van der Waals surface area contributed by atoms with Crippen molar-refractivity contribution in [1.82, 2.24) is 9.55 Å². The summed E-state index contributed by atoms with van der Waals surface area (Å²) in [6.45, 7) is 6.90. The highest BCUT2D eigenvalue weighted by Gasteiger charge is 2.32. The number of nitrogens with two attached hydrogens (primary N) is 1. The monoisotopic (exact) mass is 368 g/mol. The molecule has 0 fully saturated rings. The molecule has 0 saturated carbocycles. The number of hydrazine groups is 1. The van der Waals surface area contributed by atoms with Crippen LogP contribution in [-0.4, -0.2) is 9.55 Å². The maximum absolute atomic E-state index is 13.4. The van der Waals surface area contributed by atoms with E-state index >= 15 is 0 Å². The van der Waals surface area contributed by atoms with E-state index in [0.29, 0.717) is 11.9 Å². The molecule has 0 amide bonds. The quantitative estimate of drug-likeness (QED) is 0.532. The Labute approximate surface area is 156 Å². The maximum Gasteiger partial charge on any atom is 0.268 e. The van der Waals surface area contributed by atoms with E-state index in [1.807, 2.05) is 30.3 Å². The maximum atomic E-state index is 13.4. The Morgan fingerprint density at radius 1 is 1.27 bits per heavy atom. The number of anilines is 1. The van der Waals surface area contributed by atoms with Crippen LogP contribution in [-0.2, 0) is 12.8 Å². The van der Waals surface area contributed by atoms with Crippen LogP contribution in [0.2, 0.25) is 0 Å². The third-order valence-electron chi connectivity index (χ3n) is 5.45. The molecule has 0 radical (unpaired) electrons. The topological polar surface area (TPSA) is 72.9 Å². The molecule has 26 heavy (non-hydrogen) atoms. The van der Waals surface area contributed by atoms with Crippen molar-refractivity contribution in [2.75, 3.05) is 5.43 Å². The number of aromatic nitrogens is 2. The number of aryl methyl sites for hydroxylation is 1. The highest BCUT2D eigenvalue weighted by molar-refractivity contribution is 7.18. The molecule has 2 heterocycles. The SMILES string of the molecule is CC(C)(C)[C@@H]1CCc2c(sc3nc(NN)n(-c4ccccc4)c(=O)c23)C1. The molecule has 0 spiro atoms. The van der Waals surface area contributed by atoms with Crippen LogP contribution in [0.5, 0.6) is 0 Å². The number of hydrogen-bond donors (Lipinski definition) is 2. The number of benzene rings is 1. The molecular formula is C20H24N4OS. The molecule has 1 aliphatic carbocycles. The summed E-state index contributed by atoms with van der Waals surface area (Å²) in [5.74, 6) is 6.69. The van der Waals surface area contributed by atoms with Gasteiger partial charge in [-0.2, -0.15) is 0 Å². The van der Waals surface area contributed by atoms with Gasteiger partial charge in [0.15, 0.2) is 0 Å². The standard InChI is InChI=1S/C20H24N4OS/c1-20(2,3)12-9-10-14-15(11-12)26-17-16(14)18(25)24(19(22-17)23-21)13-7-5-4-6-8-13/h4-8,12H,9-11,21H2,1-3H3,(H,22,23)/t12-/m1/s1. The van der Waals surface area contributed by atoms with Crippen LogP contribution in [0, 0.1) is 11.3 Å². The van der Waals surface area contributed by atoms with E-state index in [4.69, 9.17) is 5.84 Å². The predicted octanol–water partition coefficient (Wildman–Crippen LogP) is 3.88. The van der Waals surface area contributed by atoms with Crippen LogP contribution in [0.3, 0.4) is 0 Å². The normalized spacial score (nSPS) is 17.3. The fraction of sp³-hybridized carbons (Fsp3) is 0.400. The van der Waals surface area contributed by atoms with Gasteiger partial charge in [-0.15, -0.1) is 11.3 Å². The Kier molecular flexibility index (Phi) is 4.12. The van der Waals surface area contributed by atoms with Crippen LogP contribution in [0.25, 0.3) is 15.9 Å². The fourth-order valence-corrected chi connectivity index (χ4v) is 5.17. The lowest BCUT2D eigenvalue weighted by molar-refractivity contribution is 0.218. The summed E-state index contributed by atoms with van der Waals surface area (Å²) in [5.41, 5.74) is 4.79. The first kappa shape index (κ1) is 17.2. The lowest BCUT2D eigenvalue weighted by atomic mass is 9.72. The highest BCUT2D eigenvalue weighted by Crippen LogP contribution is 2.42. The number of hydrogen-bond acceptors (Lipinski definition) is 5. The van der Waals surface area contributed by atoms with Crippen molar-refractivity contribution >= 4 is 27.5 Å². The zero-order chi connectivity index (χ0) is 18.5. The van der Waals surface area contributed by atoms with Gasteiger partial charge < -0.3 is 0 Å².